The van der Waals surface area contributed by atoms with Crippen molar-refractivity contribution in [1.82, 2.24) is 0 Å². The van der Waals surface area contributed by atoms with Gasteiger partial charge < -0.3 is 50.3 Å². The topological polar surface area (TPSA) is 180 Å². The van der Waals surface area contributed by atoms with Crippen LogP contribution in [-0.4, -0.2) is 108 Å². The van der Waals surface area contributed by atoms with E-state index in [2.05, 4.69) is 0 Å². The fourth-order valence-electron chi connectivity index (χ4n) is 2.81. The van der Waals surface area contributed by atoms with Gasteiger partial charge in [-0.05, 0) is 6.92 Å². The van der Waals surface area contributed by atoms with Crippen LogP contribution >= 0.6 is 0 Å². The Hall–Kier alpha value is -0.400. The third kappa shape index (κ3) is 2.65. The highest BCUT2D eigenvalue weighted by Crippen LogP contribution is 2.37. The van der Waals surface area contributed by atoms with Crippen molar-refractivity contribution in [3.05, 3.63) is 0 Å². The molecule has 130 valence electrons. The molecule has 0 saturated carbocycles. The van der Waals surface area contributed by atoms with E-state index in [1.54, 1.807) is 0 Å². The van der Waals surface area contributed by atoms with Gasteiger partial charge in [0.1, 0.15) is 48.8 Å². The van der Waals surface area contributed by atoms with Crippen molar-refractivity contribution in [2.75, 3.05) is 6.61 Å². The summed E-state index contributed by atoms with van der Waals surface area (Å²) in [6.07, 6.45) is -14.8. The molecule has 0 aromatic carbocycles. The molecule has 2 aliphatic heterocycles. The molecule has 0 aliphatic carbocycles. The molecule has 0 unspecified atom stereocenters. The van der Waals surface area contributed by atoms with Gasteiger partial charge in [0.25, 0.3) is 0 Å². The van der Waals surface area contributed by atoms with Crippen LogP contribution in [0.15, 0.2) is 0 Å². The van der Waals surface area contributed by atoms with Crippen molar-refractivity contribution in [2.24, 2.45) is 0 Å². The van der Waals surface area contributed by atoms with Crippen molar-refractivity contribution in [1.29, 1.82) is 0 Å². The minimum Gasteiger partial charge on any atom is -0.394 e. The van der Waals surface area contributed by atoms with Crippen LogP contribution in [0.4, 0.5) is 0 Å². The Balaban J connectivity index is 2.31. The van der Waals surface area contributed by atoms with Crippen molar-refractivity contribution < 1.29 is 50.3 Å². The summed E-state index contributed by atoms with van der Waals surface area (Å²) >= 11 is 0. The molecule has 0 radical (unpaired) electrons. The second kappa shape index (κ2) is 6.24. The number of aliphatic hydroxyl groups excluding tert-OH is 7. The van der Waals surface area contributed by atoms with Crippen LogP contribution in [0.2, 0.25) is 0 Å². The van der Waals surface area contributed by atoms with Gasteiger partial charge in [0, 0.05) is 0 Å². The molecular weight excluding hydrogens is 304 g/mol. The van der Waals surface area contributed by atoms with E-state index in [4.69, 9.17) is 14.6 Å². The fraction of sp³-hybridized carbons (Fsp3) is 1.00. The fourth-order valence-corrected chi connectivity index (χ4v) is 2.81. The normalized spacial score (nSPS) is 56.9. The lowest BCUT2D eigenvalue weighted by Gasteiger charge is -2.52. The van der Waals surface area contributed by atoms with E-state index < -0.39 is 67.3 Å². The van der Waals surface area contributed by atoms with Crippen LogP contribution in [0, 0.1) is 0 Å². The Labute approximate surface area is 125 Å². The van der Waals surface area contributed by atoms with Crippen molar-refractivity contribution in [3.63, 3.8) is 0 Å². The maximum Gasteiger partial charge on any atom is 0.225 e. The molecule has 2 aliphatic rings. The lowest BCUT2D eigenvalue weighted by atomic mass is 9.83. The number of hydrogen-bond donors (Lipinski definition) is 8. The molecule has 2 rings (SSSR count). The molecule has 10 nitrogen and oxygen atoms in total. The van der Waals surface area contributed by atoms with Gasteiger partial charge in [-0.3, -0.25) is 0 Å². The Bertz CT molecular complexity index is 392. The molecule has 0 aromatic rings. The monoisotopic (exact) mass is 326 g/mol. The molecule has 10 heteroatoms. The molecule has 0 bridgehead atoms. The van der Waals surface area contributed by atoms with Crippen LogP contribution in [0.1, 0.15) is 6.92 Å². The molecule has 10 atom stereocenters. The maximum absolute atomic E-state index is 10.5. The highest BCUT2D eigenvalue weighted by Gasteiger charge is 2.62. The first kappa shape index (κ1) is 17.9. The maximum atomic E-state index is 10.5. The predicted molar refractivity (Wildman–Crippen MR) is 67.3 cm³/mol. The standard InChI is InChI=1S/C12H22O10/c1-3-5(14)7(16)9(18)11(21-3)12(20)10(19)8(17)6(15)4(2-13)22-12/h3-11,13-20H,2H2,1H3/t3-,4+,5-,6-,7+,8-,9+,10+,11+,12-/m0/s1. The minimum absolute atomic E-state index is 0.781. The number of aliphatic hydroxyl groups is 8. The molecule has 8 N–H and O–H groups in total. The third-order valence-electron chi connectivity index (χ3n) is 4.26. The summed E-state index contributed by atoms with van der Waals surface area (Å²) in [6, 6.07) is 0. The smallest absolute Gasteiger partial charge is 0.225 e. The van der Waals surface area contributed by atoms with Crippen molar-refractivity contribution in [2.45, 2.75) is 67.6 Å². The highest BCUT2D eigenvalue weighted by molar-refractivity contribution is 5.05. The summed E-state index contributed by atoms with van der Waals surface area (Å²) in [5, 5.41) is 78.4. The van der Waals surface area contributed by atoms with Crippen LogP contribution in [-0.2, 0) is 9.47 Å². The van der Waals surface area contributed by atoms with E-state index >= 15 is 0 Å². The second-order valence-corrected chi connectivity index (χ2v) is 5.75. The Morgan fingerprint density at radius 1 is 0.864 bits per heavy atom. The molecule has 0 amide bonds. The first-order valence-corrected chi connectivity index (χ1v) is 6.90. The van der Waals surface area contributed by atoms with Crippen LogP contribution in [0.5, 0.6) is 0 Å². The van der Waals surface area contributed by atoms with Gasteiger partial charge in [0.05, 0.1) is 12.7 Å². The summed E-state index contributed by atoms with van der Waals surface area (Å²) in [7, 11) is 0. The summed E-state index contributed by atoms with van der Waals surface area (Å²) in [5.74, 6) is -2.71. The largest absolute Gasteiger partial charge is 0.394 e. The third-order valence-corrected chi connectivity index (χ3v) is 4.26. The van der Waals surface area contributed by atoms with E-state index in [1.165, 1.54) is 6.92 Å². The van der Waals surface area contributed by atoms with Crippen molar-refractivity contribution >= 4 is 0 Å². The Morgan fingerprint density at radius 2 is 1.45 bits per heavy atom. The van der Waals surface area contributed by atoms with Gasteiger partial charge in [0.2, 0.25) is 5.79 Å². The number of hydrogen-bond acceptors (Lipinski definition) is 10. The average Bonchev–Trinajstić information content (AvgIpc) is 2.50. The van der Waals surface area contributed by atoms with Gasteiger partial charge in [-0.15, -0.1) is 0 Å². The first-order chi connectivity index (χ1) is 10.1. The van der Waals surface area contributed by atoms with Gasteiger partial charge in [-0.1, -0.05) is 0 Å². The quantitative estimate of drug-likeness (QED) is 0.245. The summed E-state index contributed by atoms with van der Waals surface area (Å²) in [6.45, 7) is 0.580. The van der Waals surface area contributed by atoms with Crippen molar-refractivity contribution in [3.8, 4) is 0 Å². The Morgan fingerprint density at radius 3 is 2.00 bits per heavy atom. The van der Waals surface area contributed by atoms with E-state index in [1.807, 2.05) is 0 Å². The van der Waals surface area contributed by atoms with E-state index in [-0.39, 0.29) is 0 Å². The van der Waals surface area contributed by atoms with Crippen LogP contribution in [0.25, 0.3) is 0 Å². The van der Waals surface area contributed by atoms with E-state index in [9.17, 15) is 35.7 Å². The predicted octanol–water partition coefficient (Wildman–Crippen LogP) is -4.98. The Kier molecular flexibility index (Phi) is 5.09. The molecule has 2 fully saturated rings. The van der Waals surface area contributed by atoms with Gasteiger partial charge >= 0.3 is 0 Å². The van der Waals surface area contributed by atoms with Gasteiger partial charge in [-0.25, -0.2) is 0 Å². The van der Waals surface area contributed by atoms with E-state index in [0.29, 0.717) is 0 Å². The van der Waals surface area contributed by atoms with Crippen LogP contribution < -0.4 is 0 Å². The zero-order valence-electron chi connectivity index (χ0n) is 11.8. The lowest BCUT2D eigenvalue weighted by molar-refractivity contribution is -0.404. The number of rotatable bonds is 2. The summed E-state index contributed by atoms with van der Waals surface area (Å²) in [4.78, 5) is 0. The second-order valence-electron chi connectivity index (χ2n) is 5.75. The van der Waals surface area contributed by atoms with Crippen LogP contribution in [0.3, 0.4) is 0 Å². The lowest BCUT2D eigenvalue weighted by Crippen LogP contribution is -2.74. The minimum atomic E-state index is -2.71. The molecule has 2 heterocycles. The highest BCUT2D eigenvalue weighted by atomic mass is 16.7. The van der Waals surface area contributed by atoms with Gasteiger partial charge in [-0.2, -0.15) is 0 Å². The average molecular weight is 326 g/mol. The molecule has 2 saturated heterocycles. The molecule has 22 heavy (non-hydrogen) atoms. The zero-order valence-corrected chi connectivity index (χ0v) is 11.8. The summed E-state index contributed by atoms with van der Waals surface area (Å²) in [5.41, 5.74) is 0. The summed E-state index contributed by atoms with van der Waals surface area (Å²) < 4.78 is 10.2. The number of ether oxygens (including phenoxy) is 2. The van der Waals surface area contributed by atoms with E-state index in [0.717, 1.165) is 0 Å². The molecule has 0 aromatic heterocycles. The zero-order chi connectivity index (χ0) is 16.8. The molecular formula is C12H22O10. The first-order valence-electron chi connectivity index (χ1n) is 6.90. The van der Waals surface area contributed by atoms with Gasteiger partial charge in [0.15, 0.2) is 0 Å². The SMILES string of the molecule is C[C@@H]1O[C@@H]([C@@]2(O)O[C@H](CO)[C@H](O)[C@H](O)[C@H]2O)[C@H](O)[C@H](O)[C@H]1O. The molecule has 0 spiro atoms.